The molecule has 0 atom stereocenters. The summed E-state index contributed by atoms with van der Waals surface area (Å²) >= 11 is 0. The van der Waals surface area contributed by atoms with Gasteiger partial charge in [0, 0.05) is 17.8 Å². The van der Waals surface area contributed by atoms with Crippen molar-refractivity contribution in [3.05, 3.63) is 53.6 Å². The molecule has 0 saturated carbocycles. The Morgan fingerprint density at radius 2 is 1.80 bits per heavy atom. The van der Waals surface area contributed by atoms with Crippen molar-refractivity contribution in [3.8, 4) is 11.1 Å². The molecule has 0 bridgehead atoms. The van der Waals surface area contributed by atoms with E-state index in [0.29, 0.717) is 5.56 Å². The van der Waals surface area contributed by atoms with Gasteiger partial charge in [-0.1, -0.05) is 30.3 Å². The number of rotatable bonds is 1. The summed E-state index contributed by atoms with van der Waals surface area (Å²) < 4.78 is 38.4. The molecule has 4 heteroatoms. The predicted octanol–water partition coefficient (Wildman–Crippen LogP) is 4.73. The zero-order valence-electron chi connectivity index (χ0n) is 10.8. The summed E-state index contributed by atoms with van der Waals surface area (Å²) in [6, 6.07) is 11.3. The Kier molecular flexibility index (Phi) is 3.16. The van der Waals surface area contributed by atoms with Crippen molar-refractivity contribution in [1.82, 2.24) is 0 Å². The average molecular weight is 277 g/mol. The first kappa shape index (κ1) is 13.0. The van der Waals surface area contributed by atoms with Crippen molar-refractivity contribution in [2.75, 3.05) is 11.9 Å². The smallest absolute Gasteiger partial charge is 0.384 e. The quantitative estimate of drug-likeness (QED) is 0.794. The van der Waals surface area contributed by atoms with Gasteiger partial charge in [-0.05, 0) is 36.1 Å². The van der Waals surface area contributed by atoms with Gasteiger partial charge in [0.1, 0.15) is 0 Å². The van der Waals surface area contributed by atoms with Crippen LogP contribution in [0.15, 0.2) is 42.5 Å². The van der Waals surface area contributed by atoms with Crippen molar-refractivity contribution >= 4 is 5.69 Å². The van der Waals surface area contributed by atoms with E-state index in [1.807, 2.05) is 18.2 Å². The van der Waals surface area contributed by atoms with Gasteiger partial charge in [-0.25, -0.2) is 0 Å². The number of hydrogen-bond acceptors (Lipinski definition) is 1. The number of benzene rings is 2. The zero-order valence-corrected chi connectivity index (χ0v) is 10.8. The van der Waals surface area contributed by atoms with E-state index < -0.39 is 11.7 Å². The Hall–Kier alpha value is -1.97. The highest BCUT2D eigenvalue weighted by molar-refractivity contribution is 5.81. The van der Waals surface area contributed by atoms with E-state index in [1.165, 1.54) is 17.7 Å². The topological polar surface area (TPSA) is 12.0 Å². The molecule has 0 amide bonds. The Morgan fingerprint density at radius 3 is 2.60 bits per heavy atom. The van der Waals surface area contributed by atoms with Crippen LogP contribution in [-0.4, -0.2) is 6.54 Å². The maximum atomic E-state index is 12.8. The van der Waals surface area contributed by atoms with E-state index in [4.69, 9.17) is 0 Å². The number of hydrogen-bond donors (Lipinski definition) is 1. The molecule has 0 saturated heterocycles. The molecule has 1 N–H and O–H groups in total. The van der Waals surface area contributed by atoms with Gasteiger partial charge in [-0.2, -0.15) is 13.2 Å². The number of nitrogens with one attached hydrogen (secondary N) is 1. The molecule has 3 rings (SSSR count). The second kappa shape index (κ2) is 4.85. The van der Waals surface area contributed by atoms with Gasteiger partial charge in [0.05, 0.1) is 5.56 Å². The van der Waals surface area contributed by atoms with Gasteiger partial charge < -0.3 is 5.32 Å². The highest BCUT2D eigenvalue weighted by atomic mass is 19.4. The summed E-state index contributed by atoms with van der Waals surface area (Å²) in [6.07, 6.45) is -2.29. The molecule has 1 aliphatic heterocycles. The largest absolute Gasteiger partial charge is 0.416 e. The third kappa shape index (κ3) is 2.38. The third-order valence-corrected chi connectivity index (χ3v) is 3.58. The number of para-hydroxylation sites is 1. The fraction of sp³-hybridized carbons (Fsp3) is 0.250. The minimum absolute atomic E-state index is 0.603. The summed E-state index contributed by atoms with van der Waals surface area (Å²) in [6.45, 7) is 0.864. The average Bonchev–Trinajstić information content (AvgIpc) is 2.46. The molecule has 0 aromatic heterocycles. The molecule has 2 aromatic rings. The van der Waals surface area contributed by atoms with E-state index >= 15 is 0 Å². The molecule has 0 unspecified atom stereocenters. The molecule has 0 spiro atoms. The lowest BCUT2D eigenvalue weighted by molar-refractivity contribution is -0.137. The molecular formula is C16H14F3N. The lowest BCUT2D eigenvalue weighted by Crippen LogP contribution is -2.12. The molecule has 0 fully saturated rings. The van der Waals surface area contributed by atoms with Gasteiger partial charge in [0.2, 0.25) is 0 Å². The second-order valence-corrected chi connectivity index (χ2v) is 4.95. The number of halogens is 3. The van der Waals surface area contributed by atoms with Crippen LogP contribution < -0.4 is 5.32 Å². The van der Waals surface area contributed by atoms with Crippen LogP contribution in [0.1, 0.15) is 17.5 Å². The number of aryl methyl sites for hydroxylation is 1. The normalized spacial score (nSPS) is 14.6. The van der Waals surface area contributed by atoms with E-state index in [9.17, 15) is 13.2 Å². The highest BCUT2D eigenvalue weighted by Crippen LogP contribution is 2.37. The van der Waals surface area contributed by atoms with Crippen LogP contribution in [0.4, 0.5) is 18.9 Å². The van der Waals surface area contributed by atoms with Crippen LogP contribution in [0.3, 0.4) is 0 Å². The molecule has 104 valence electrons. The summed E-state index contributed by atoms with van der Waals surface area (Å²) in [5, 5.41) is 3.31. The van der Waals surface area contributed by atoms with Crippen molar-refractivity contribution in [2.24, 2.45) is 0 Å². The lowest BCUT2D eigenvalue weighted by atomic mass is 9.94. The van der Waals surface area contributed by atoms with Crippen molar-refractivity contribution < 1.29 is 13.2 Å². The molecule has 0 aliphatic carbocycles. The molecule has 0 radical (unpaired) electrons. The van der Waals surface area contributed by atoms with Gasteiger partial charge >= 0.3 is 6.18 Å². The summed E-state index contributed by atoms with van der Waals surface area (Å²) in [4.78, 5) is 0. The number of anilines is 1. The van der Waals surface area contributed by atoms with Crippen LogP contribution in [0.2, 0.25) is 0 Å². The molecule has 1 heterocycles. The van der Waals surface area contributed by atoms with Crippen LogP contribution in [0.25, 0.3) is 11.1 Å². The number of fused-ring (bicyclic) bond motifs is 1. The Balaban J connectivity index is 2.10. The second-order valence-electron chi connectivity index (χ2n) is 4.95. The SMILES string of the molecule is FC(F)(F)c1cccc(-c2cccc3c2NCCC3)c1. The van der Waals surface area contributed by atoms with E-state index in [-0.39, 0.29) is 0 Å². The fourth-order valence-electron chi connectivity index (χ4n) is 2.61. The van der Waals surface area contributed by atoms with Crippen LogP contribution >= 0.6 is 0 Å². The van der Waals surface area contributed by atoms with Crippen LogP contribution in [0, 0.1) is 0 Å². The Labute approximate surface area is 115 Å². The number of alkyl halides is 3. The summed E-state index contributed by atoms with van der Waals surface area (Å²) in [7, 11) is 0. The minimum atomic E-state index is -4.31. The first-order valence-electron chi connectivity index (χ1n) is 6.59. The van der Waals surface area contributed by atoms with E-state index in [2.05, 4.69) is 5.32 Å². The first-order valence-corrected chi connectivity index (χ1v) is 6.59. The summed E-state index contributed by atoms with van der Waals surface area (Å²) in [5.74, 6) is 0. The zero-order chi connectivity index (χ0) is 14.2. The molecule has 2 aromatic carbocycles. The summed E-state index contributed by atoms with van der Waals surface area (Å²) in [5.41, 5.74) is 2.98. The van der Waals surface area contributed by atoms with Crippen molar-refractivity contribution in [3.63, 3.8) is 0 Å². The fourth-order valence-corrected chi connectivity index (χ4v) is 2.61. The van der Waals surface area contributed by atoms with Crippen LogP contribution in [-0.2, 0) is 12.6 Å². The maximum absolute atomic E-state index is 12.8. The van der Waals surface area contributed by atoms with Crippen LogP contribution in [0.5, 0.6) is 0 Å². The Morgan fingerprint density at radius 1 is 1.00 bits per heavy atom. The van der Waals surface area contributed by atoms with Gasteiger partial charge in [-0.3, -0.25) is 0 Å². The first-order chi connectivity index (χ1) is 9.55. The standard InChI is InChI=1S/C16H14F3N/c17-16(18,19)13-7-1-5-12(10-13)14-8-2-4-11-6-3-9-20-15(11)14/h1-2,4-5,7-8,10,20H,3,6,9H2. The minimum Gasteiger partial charge on any atom is -0.384 e. The third-order valence-electron chi connectivity index (χ3n) is 3.58. The maximum Gasteiger partial charge on any atom is 0.416 e. The van der Waals surface area contributed by atoms with Gasteiger partial charge in [0.15, 0.2) is 0 Å². The predicted molar refractivity (Wildman–Crippen MR) is 73.7 cm³/mol. The molecule has 20 heavy (non-hydrogen) atoms. The van der Waals surface area contributed by atoms with E-state index in [1.54, 1.807) is 6.07 Å². The lowest BCUT2D eigenvalue weighted by Gasteiger charge is -2.21. The molecule has 1 nitrogen and oxygen atoms in total. The van der Waals surface area contributed by atoms with Gasteiger partial charge in [-0.15, -0.1) is 0 Å². The monoisotopic (exact) mass is 277 g/mol. The highest BCUT2D eigenvalue weighted by Gasteiger charge is 2.30. The van der Waals surface area contributed by atoms with Gasteiger partial charge in [0.25, 0.3) is 0 Å². The van der Waals surface area contributed by atoms with Crippen molar-refractivity contribution in [1.29, 1.82) is 0 Å². The van der Waals surface area contributed by atoms with Crippen molar-refractivity contribution in [2.45, 2.75) is 19.0 Å². The Bertz CT molecular complexity index is 632. The molecule has 1 aliphatic rings. The molecular weight excluding hydrogens is 263 g/mol. The van der Waals surface area contributed by atoms with E-state index in [0.717, 1.165) is 36.7 Å².